The van der Waals surface area contributed by atoms with E-state index in [1.165, 1.54) is 28.9 Å². The number of nitrogens with zero attached hydrogens (tertiary/aromatic N) is 2. The molecule has 1 N–H and O–H groups in total. The van der Waals surface area contributed by atoms with Crippen LogP contribution in [0.25, 0.3) is 10.9 Å². The summed E-state index contributed by atoms with van der Waals surface area (Å²) in [4.78, 5) is 12.8. The molecule has 5 heteroatoms. The van der Waals surface area contributed by atoms with Crippen molar-refractivity contribution in [1.29, 1.82) is 0 Å². The van der Waals surface area contributed by atoms with Crippen LogP contribution in [0.4, 0.5) is 0 Å². The van der Waals surface area contributed by atoms with E-state index in [1.807, 2.05) is 6.07 Å². The highest BCUT2D eigenvalue weighted by molar-refractivity contribution is 7.98. The summed E-state index contributed by atoms with van der Waals surface area (Å²) >= 11 is 1.80. The van der Waals surface area contributed by atoms with Gasteiger partial charge in [0, 0.05) is 22.0 Å². The first kappa shape index (κ1) is 16.8. The van der Waals surface area contributed by atoms with Crippen molar-refractivity contribution >= 4 is 28.6 Å². The van der Waals surface area contributed by atoms with Gasteiger partial charge in [-0.15, -0.1) is 11.8 Å². The first-order valence-electron chi connectivity index (χ1n) is 9.40. The SMILES string of the molecule is O=C(O)C1Cc2cc3nnc(C4CC4)cc3c(SCc3ccccc3)c2C1. The van der Waals surface area contributed by atoms with Gasteiger partial charge in [0.25, 0.3) is 0 Å². The van der Waals surface area contributed by atoms with E-state index < -0.39 is 5.97 Å². The lowest BCUT2D eigenvalue weighted by molar-refractivity contribution is -0.141. The fraction of sp³-hybridized carbons (Fsp3) is 0.318. The normalized spacial score (nSPS) is 18.6. The van der Waals surface area contributed by atoms with Gasteiger partial charge in [-0.3, -0.25) is 4.79 Å². The second-order valence-electron chi connectivity index (χ2n) is 7.54. The van der Waals surface area contributed by atoms with E-state index in [9.17, 15) is 9.90 Å². The van der Waals surface area contributed by atoms with Crippen LogP contribution in [0.3, 0.4) is 0 Å². The molecular formula is C22H20N2O2S. The molecule has 27 heavy (non-hydrogen) atoms. The molecule has 3 aromatic rings. The Hall–Kier alpha value is -2.40. The van der Waals surface area contributed by atoms with Gasteiger partial charge in [0.1, 0.15) is 0 Å². The summed E-state index contributed by atoms with van der Waals surface area (Å²) in [7, 11) is 0. The molecule has 136 valence electrons. The number of aliphatic carboxylic acids is 1. The molecule has 5 rings (SSSR count). The maximum atomic E-state index is 11.6. The van der Waals surface area contributed by atoms with E-state index in [0.717, 1.165) is 27.9 Å². The lowest BCUT2D eigenvalue weighted by atomic mass is 10.1. The monoisotopic (exact) mass is 376 g/mol. The van der Waals surface area contributed by atoms with Crippen molar-refractivity contribution in [2.75, 3.05) is 0 Å². The molecule has 0 saturated heterocycles. The third kappa shape index (κ3) is 3.21. The molecule has 1 aromatic heterocycles. The van der Waals surface area contributed by atoms with Crippen LogP contribution in [-0.4, -0.2) is 21.3 Å². The second-order valence-corrected chi connectivity index (χ2v) is 8.52. The van der Waals surface area contributed by atoms with Gasteiger partial charge in [0.15, 0.2) is 0 Å². The van der Waals surface area contributed by atoms with Crippen LogP contribution < -0.4 is 0 Å². The van der Waals surface area contributed by atoms with Crippen molar-refractivity contribution in [3.63, 3.8) is 0 Å². The molecule has 1 atom stereocenters. The van der Waals surface area contributed by atoms with Crippen LogP contribution in [0.1, 0.15) is 41.1 Å². The maximum absolute atomic E-state index is 11.6. The van der Waals surface area contributed by atoms with Gasteiger partial charge in [-0.2, -0.15) is 10.2 Å². The molecule has 2 aromatic carbocycles. The van der Waals surface area contributed by atoms with Gasteiger partial charge >= 0.3 is 5.97 Å². The van der Waals surface area contributed by atoms with Crippen LogP contribution in [-0.2, 0) is 23.4 Å². The van der Waals surface area contributed by atoms with E-state index >= 15 is 0 Å². The molecule has 0 amide bonds. The first-order valence-corrected chi connectivity index (χ1v) is 10.4. The third-order valence-corrected chi connectivity index (χ3v) is 6.78. The Balaban J connectivity index is 1.59. The van der Waals surface area contributed by atoms with Crippen molar-refractivity contribution < 1.29 is 9.90 Å². The van der Waals surface area contributed by atoms with Crippen molar-refractivity contribution in [3.05, 3.63) is 64.8 Å². The van der Waals surface area contributed by atoms with Crippen molar-refractivity contribution in [2.45, 2.75) is 42.2 Å². The zero-order valence-electron chi connectivity index (χ0n) is 14.9. The fourth-order valence-electron chi connectivity index (χ4n) is 3.90. The smallest absolute Gasteiger partial charge is 0.307 e. The molecule has 2 aliphatic carbocycles. The molecule has 2 aliphatic rings. The number of carbonyl (C=O) groups is 1. The molecule has 1 unspecified atom stereocenters. The van der Waals surface area contributed by atoms with E-state index in [1.54, 1.807) is 11.8 Å². The third-order valence-electron chi connectivity index (χ3n) is 5.55. The summed E-state index contributed by atoms with van der Waals surface area (Å²) in [6, 6.07) is 14.7. The van der Waals surface area contributed by atoms with Crippen LogP contribution in [0.5, 0.6) is 0 Å². The lowest BCUT2D eigenvalue weighted by Crippen LogP contribution is -2.12. The van der Waals surface area contributed by atoms with E-state index in [4.69, 9.17) is 0 Å². The molecule has 0 spiro atoms. The largest absolute Gasteiger partial charge is 0.481 e. The van der Waals surface area contributed by atoms with Crippen molar-refractivity contribution in [1.82, 2.24) is 10.2 Å². The number of aromatic nitrogens is 2. The minimum atomic E-state index is -0.709. The van der Waals surface area contributed by atoms with Crippen LogP contribution in [0.15, 0.2) is 47.4 Å². The number of carboxylic acid groups (broad SMARTS) is 1. The van der Waals surface area contributed by atoms with Gasteiger partial charge < -0.3 is 5.11 Å². The second kappa shape index (κ2) is 6.64. The highest BCUT2D eigenvalue weighted by atomic mass is 32.2. The van der Waals surface area contributed by atoms with E-state index in [0.29, 0.717) is 18.8 Å². The van der Waals surface area contributed by atoms with Gasteiger partial charge in [-0.25, -0.2) is 0 Å². The predicted molar refractivity (Wildman–Crippen MR) is 106 cm³/mol. The molecule has 1 saturated carbocycles. The number of thioether (sulfide) groups is 1. The molecule has 1 heterocycles. The highest BCUT2D eigenvalue weighted by Gasteiger charge is 2.31. The Bertz CT molecular complexity index is 1030. The lowest BCUT2D eigenvalue weighted by Gasteiger charge is -2.13. The Morgan fingerprint density at radius 1 is 1.11 bits per heavy atom. The minimum Gasteiger partial charge on any atom is -0.481 e. The van der Waals surface area contributed by atoms with Crippen LogP contribution >= 0.6 is 11.8 Å². The maximum Gasteiger partial charge on any atom is 0.307 e. The molecular weight excluding hydrogens is 356 g/mol. The molecule has 1 fully saturated rings. The van der Waals surface area contributed by atoms with Gasteiger partial charge in [-0.05, 0) is 54.5 Å². The zero-order chi connectivity index (χ0) is 18.4. The Kier molecular flexibility index (Phi) is 4.12. The number of rotatable bonds is 5. The quantitative estimate of drug-likeness (QED) is 0.660. The molecule has 0 aliphatic heterocycles. The zero-order valence-corrected chi connectivity index (χ0v) is 15.7. The standard InChI is InChI=1S/C22H20N2O2S/c25-22(26)16-8-15-10-20-18(11-19(23-24-20)14-6-7-14)21(17(15)9-16)27-12-13-4-2-1-3-5-13/h1-5,10-11,14,16H,6-9,12H2,(H,25,26). The van der Waals surface area contributed by atoms with E-state index in [2.05, 4.69) is 46.6 Å². The van der Waals surface area contributed by atoms with Crippen LogP contribution in [0.2, 0.25) is 0 Å². The summed E-state index contributed by atoms with van der Waals surface area (Å²) < 4.78 is 0. The summed E-state index contributed by atoms with van der Waals surface area (Å²) in [6.07, 6.45) is 3.59. The average molecular weight is 376 g/mol. The Morgan fingerprint density at radius 3 is 2.67 bits per heavy atom. The summed E-state index contributed by atoms with van der Waals surface area (Å²) in [6.45, 7) is 0. The average Bonchev–Trinajstić information content (AvgIpc) is 3.44. The van der Waals surface area contributed by atoms with Crippen molar-refractivity contribution in [3.8, 4) is 0 Å². The van der Waals surface area contributed by atoms with Gasteiger partial charge in [0.2, 0.25) is 0 Å². The topological polar surface area (TPSA) is 63.1 Å². The first-order chi connectivity index (χ1) is 13.2. The van der Waals surface area contributed by atoms with E-state index in [-0.39, 0.29) is 5.92 Å². The minimum absolute atomic E-state index is 0.330. The molecule has 0 radical (unpaired) electrons. The molecule has 0 bridgehead atoms. The van der Waals surface area contributed by atoms with Crippen molar-refractivity contribution in [2.24, 2.45) is 5.92 Å². The number of benzene rings is 2. The number of carboxylic acids is 1. The number of fused-ring (bicyclic) bond motifs is 2. The summed E-state index contributed by atoms with van der Waals surface area (Å²) in [5.74, 6) is 0.377. The molecule has 4 nitrogen and oxygen atoms in total. The highest BCUT2D eigenvalue weighted by Crippen LogP contribution is 2.43. The van der Waals surface area contributed by atoms with Crippen LogP contribution in [0, 0.1) is 5.92 Å². The summed E-state index contributed by atoms with van der Waals surface area (Å²) in [5.41, 5.74) is 5.56. The van der Waals surface area contributed by atoms with Gasteiger partial charge in [0.05, 0.1) is 17.1 Å². The number of hydrogen-bond donors (Lipinski definition) is 1. The Labute approximate surface area is 162 Å². The number of hydrogen-bond acceptors (Lipinski definition) is 4. The Morgan fingerprint density at radius 2 is 1.93 bits per heavy atom. The predicted octanol–water partition coefficient (Wildman–Crippen LogP) is 4.60. The fourth-order valence-corrected chi connectivity index (χ4v) is 5.11. The summed E-state index contributed by atoms with van der Waals surface area (Å²) in [5, 5.41) is 19.6. The van der Waals surface area contributed by atoms with Gasteiger partial charge in [-0.1, -0.05) is 30.3 Å².